The van der Waals surface area contributed by atoms with E-state index in [1.807, 2.05) is 57.8 Å². The van der Waals surface area contributed by atoms with Crippen LogP contribution in [0.3, 0.4) is 0 Å². The van der Waals surface area contributed by atoms with Crippen LogP contribution in [0.4, 0.5) is 0 Å². The monoisotopic (exact) mass is 297 g/mol. The number of carbonyl (C=O) groups excluding carboxylic acids is 1. The molecule has 0 saturated carbocycles. The number of esters is 1. The summed E-state index contributed by atoms with van der Waals surface area (Å²) in [4.78, 5) is 11.8. The summed E-state index contributed by atoms with van der Waals surface area (Å²) in [6.07, 6.45) is 0. The molecule has 4 nitrogen and oxygen atoms in total. The topological polar surface area (TPSA) is 47.6 Å². The standard InChI is InChI=1S/C15H24NO3P/c1-12(14(17)18-11-15(2,3)4)16-20(5)19-13-9-7-6-8-10-13/h6-10,12,16H,11H2,1-5H3. The molecule has 20 heavy (non-hydrogen) atoms. The third kappa shape index (κ3) is 6.88. The molecule has 1 N–H and O–H groups in total. The van der Waals surface area contributed by atoms with Crippen LogP contribution in [0.1, 0.15) is 27.7 Å². The maximum absolute atomic E-state index is 11.8. The molecule has 1 aromatic rings. The van der Waals surface area contributed by atoms with Crippen LogP contribution in [0.15, 0.2) is 30.3 Å². The van der Waals surface area contributed by atoms with Crippen LogP contribution in [-0.2, 0) is 9.53 Å². The molecular weight excluding hydrogens is 273 g/mol. The van der Waals surface area contributed by atoms with Gasteiger partial charge in [-0.05, 0) is 24.5 Å². The Morgan fingerprint density at radius 2 is 1.90 bits per heavy atom. The zero-order valence-corrected chi connectivity index (χ0v) is 13.7. The lowest BCUT2D eigenvalue weighted by Crippen LogP contribution is -2.34. The summed E-state index contributed by atoms with van der Waals surface area (Å²) < 4.78 is 11.0. The first-order valence-electron chi connectivity index (χ1n) is 6.67. The van der Waals surface area contributed by atoms with E-state index in [1.54, 1.807) is 6.92 Å². The van der Waals surface area contributed by atoms with E-state index in [2.05, 4.69) is 5.09 Å². The fraction of sp³-hybridized carbons (Fsp3) is 0.533. The predicted molar refractivity (Wildman–Crippen MR) is 82.9 cm³/mol. The number of rotatable bonds is 6. The molecule has 0 radical (unpaired) electrons. The molecule has 0 fully saturated rings. The molecule has 0 bridgehead atoms. The van der Waals surface area contributed by atoms with Crippen LogP contribution < -0.4 is 9.61 Å². The van der Waals surface area contributed by atoms with Gasteiger partial charge in [0.15, 0.2) is 8.30 Å². The predicted octanol–water partition coefficient (Wildman–Crippen LogP) is 3.57. The van der Waals surface area contributed by atoms with Gasteiger partial charge in [0, 0.05) is 6.66 Å². The minimum atomic E-state index is -0.918. The summed E-state index contributed by atoms with van der Waals surface area (Å²) in [6.45, 7) is 10.2. The minimum absolute atomic E-state index is 0.0210. The van der Waals surface area contributed by atoms with Gasteiger partial charge in [0.05, 0.1) is 6.61 Å². The van der Waals surface area contributed by atoms with Gasteiger partial charge >= 0.3 is 5.97 Å². The van der Waals surface area contributed by atoms with Crippen molar-refractivity contribution in [1.29, 1.82) is 0 Å². The van der Waals surface area contributed by atoms with Gasteiger partial charge in [-0.2, -0.15) is 0 Å². The summed E-state index contributed by atoms with van der Waals surface area (Å²) in [5, 5.41) is 3.13. The molecule has 0 spiro atoms. The number of para-hydroxylation sites is 1. The van der Waals surface area contributed by atoms with E-state index in [0.717, 1.165) is 5.75 Å². The first kappa shape index (κ1) is 16.9. The zero-order chi connectivity index (χ0) is 15.2. The first-order valence-corrected chi connectivity index (χ1v) is 8.38. The van der Waals surface area contributed by atoms with E-state index in [0.29, 0.717) is 6.61 Å². The fourth-order valence-electron chi connectivity index (χ4n) is 1.40. The summed E-state index contributed by atoms with van der Waals surface area (Å²) in [7, 11) is -0.918. The Bertz CT molecular complexity index is 417. The maximum atomic E-state index is 11.8. The van der Waals surface area contributed by atoms with Crippen LogP contribution in [0.5, 0.6) is 5.75 Å². The molecule has 5 heteroatoms. The largest absolute Gasteiger partial charge is 0.464 e. The molecule has 0 aliphatic heterocycles. The highest BCUT2D eigenvalue weighted by atomic mass is 31.2. The molecule has 0 aromatic heterocycles. The number of ether oxygens (including phenoxy) is 1. The molecule has 1 rings (SSSR count). The van der Waals surface area contributed by atoms with Crippen molar-refractivity contribution in [2.24, 2.45) is 5.41 Å². The van der Waals surface area contributed by atoms with Crippen LogP contribution in [0.2, 0.25) is 0 Å². The third-order valence-corrected chi connectivity index (χ3v) is 3.60. The van der Waals surface area contributed by atoms with Gasteiger partial charge in [0.1, 0.15) is 11.8 Å². The van der Waals surface area contributed by atoms with Crippen molar-refractivity contribution in [3.8, 4) is 5.75 Å². The number of hydrogen-bond donors (Lipinski definition) is 1. The number of hydrogen-bond acceptors (Lipinski definition) is 4. The Morgan fingerprint density at radius 1 is 1.30 bits per heavy atom. The summed E-state index contributed by atoms with van der Waals surface area (Å²) >= 11 is 0. The second-order valence-electron chi connectivity index (χ2n) is 5.92. The van der Waals surface area contributed by atoms with Gasteiger partial charge in [-0.15, -0.1) is 0 Å². The maximum Gasteiger partial charge on any atom is 0.323 e. The minimum Gasteiger partial charge on any atom is -0.464 e. The van der Waals surface area contributed by atoms with Crippen molar-refractivity contribution in [3.63, 3.8) is 0 Å². The van der Waals surface area contributed by atoms with Gasteiger partial charge in [0.2, 0.25) is 0 Å². The van der Waals surface area contributed by atoms with E-state index < -0.39 is 8.30 Å². The SMILES string of the molecule is CC(NP(C)Oc1ccccc1)C(=O)OCC(C)(C)C. The lowest BCUT2D eigenvalue weighted by atomic mass is 9.99. The Balaban J connectivity index is 2.37. The average molecular weight is 297 g/mol. The quantitative estimate of drug-likeness (QED) is 0.644. The summed E-state index contributed by atoms with van der Waals surface area (Å²) in [6, 6.07) is 9.17. The van der Waals surface area contributed by atoms with Crippen molar-refractivity contribution < 1.29 is 14.1 Å². The molecule has 112 valence electrons. The number of nitrogens with one attached hydrogen (secondary N) is 1. The third-order valence-electron chi connectivity index (χ3n) is 2.36. The molecule has 2 atom stereocenters. The summed E-state index contributed by atoms with van der Waals surface area (Å²) in [5.41, 5.74) is -0.0210. The van der Waals surface area contributed by atoms with Crippen LogP contribution in [0.25, 0.3) is 0 Å². The van der Waals surface area contributed by atoms with Crippen molar-refractivity contribution in [3.05, 3.63) is 30.3 Å². The molecule has 0 aliphatic carbocycles. The van der Waals surface area contributed by atoms with E-state index in [4.69, 9.17) is 9.26 Å². The van der Waals surface area contributed by atoms with Gasteiger partial charge in [-0.3, -0.25) is 9.88 Å². The second-order valence-corrected chi connectivity index (χ2v) is 7.36. The van der Waals surface area contributed by atoms with E-state index >= 15 is 0 Å². The normalized spacial score (nSPS) is 14.4. The highest BCUT2D eigenvalue weighted by molar-refractivity contribution is 7.49. The lowest BCUT2D eigenvalue weighted by molar-refractivity contribution is -0.147. The Labute approximate surface area is 122 Å². The zero-order valence-electron chi connectivity index (χ0n) is 12.8. The average Bonchev–Trinajstić information content (AvgIpc) is 2.36. The molecular formula is C15H24NO3P. The Hall–Kier alpha value is -1.12. The van der Waals surface area contributed by atoms with Gasteiger partial charge in [-0.1, -0.05) is 39.0 Å². The van der Waals surface area contributed by atoms with Crippen molar-refractivity contribution in [1.82, 2.24) is 5.09 Å². The molecule has 0 aliphatic rings. The Morgan fingerprint density at radius 3 is 2.45 bits per heavy atom. The van der Waals surface area contributed by atoms with Gasteiger partial charge < -0.3 is 9.26 Å². The van der Waals surface area contributed by atoms with E-state index in [9.17, 15) is 4.79 Å². The highest BCUT2D eigenvalue weighted by Crippen LogP contribution is 2.30. The van der Waals surface area contributed by atoms with Crippen LogP contribution in [0, 0.1) is 5.41 Å². The van der Waals surface area contributed by atoms with E-state index in [1.165, 1.54) is 0 Å². The molecule has 0 amide bonds. The molecule has 1 aromatic carbocycles. The lowest BCUT2D eigenvalue weighted by Gasteiger charge is -2.22. The number of benzene rings is 1. The summed E-state index contributed by atoms with van der Waals surface area (Å²) in [5.74, 6) is 0.551. The number of carbonyl (C=O) groups is 1. The smallest absolute Gasteiger partial charge is 0.323 e. The first-order chi connectivity index (χ1) is 9.28. The Kier molecular flexibility index (Phi) is 6.44. The molecule has 0 saturated heterocycles. The van der Waals surface area contributed by atoms with Crippen molar-refractivity contribution in [2.45, 2.75) is 33.7 Å². The van der Waals surface area contributed by atoms with Crippen molar-refractivity contribution >= 4 is 14.3 Å². The van der Waals surface area contributed by atoms with Gasteiger partial charge in [-0.25, -0.2) is 0 Å². The fourth-order valence-corrected chi connectivity index (χ4v) is 2.55. The molecule has 0 heterocycles. The van der Waals surface area contributed by atoms with Crippen LogP contribution in [-0.4, -0.2) is 25.3 Å². The molecule has 2 unspecified atom stereocenters. The van der Waals surface area contributed by atoms with E-state index in [-0.39, 0.29) is 17.4 Å². The van der Waals surface area contributed by atoms with Gasteiger partial charge in [0.25, 0.3) is 0 Å². The van der Waals surface area contributed by atoms with Crippen LogP contribution >= 0.6 is 8.30 Å². The highest BCUT2D eigenvalue weighted by Gasteiger charge is 2.20. The second kappa shape index (κ2) is 7.61. The van der Waals surface area contributed by atoms with Crippen molar-refractivity contribution in [2.75, 3.05) is 13.3 Å².